The second kappa shape index (κ2) is 11.2. The summed E-state index contributed by atoms with van der Waals surface area (Å²) in [6.07, 6.45) is -0.263. The number of aliphatic carboxylic acids is 1. The molecule has 4 atom stereocenters. The highest BCUT2D eigenvalue weighted by molar-refractivity contribution is 9.10. The number of benzene rings is 3. The molecule has 0 aromatic heterocycles. The molecule has 0 bridgehead atoms. The van der Waals surface area contributed by atoms with Gasteiger partial charge in [-0.1, -0.05) is 48.0 Å². The first-order valence-electron chi connectivity index (χ1n) is 11.6. The van der Waals surface area contributed by atoms with Crippen molar-refractivity contribution in [3.63, 3.8) is 0 Å². The fourth-order valence-corrected chi connectivity index (χ4v) is 5.72. The summed E-state index contributed by atoms with van der Waals surface area (Å²) < 4.78 is 27.5. The predicted octanol–water partition coefficient (Wildman–Crippen LogP) is 8.19. The Hall–Kier alpha value is -2.67. The van der Waals surface area contributed by atoms with Crippen molar-refractivity contribution < 1.29 is 23.8 Å². The van der Waals surface area contributed by atoms with Crippen LogP contribution in [0.15, 0.2) is 77.3 Å². The minimum absolute atomic E-state index is 0.0846. The van der Waals surface area contributed by atoms with Gasteiger partial charge >= 0.3 is 5.97 Å². The van der Waals surface area contributed by atoms with Gasteiger partial charge in [0.2, 0.25) is 0 Å². The Morgan fingerprint density at radius 3 is 2.53 bits per heavy atom. The van der Waals surface area contributed by atoms with Gasteiger partial charge in [-0.3, -0.25) is 0 Å². The quantitative estimate of drug-likeness (QED) is 0.290. The molecule has 36 heavy (non-hydrogen) atoms. The molecule has 188 valence electrons. The lowest BCUT2D eigenvalue weighted by atomic mass is 9.74. The number of aryl methyl sites for hydroxylation is 1. The molecule has 1 fully saturated rings. The van der Waals surface area contributed by atoms with Gasteiger partial charge in [0.15, 0.2) is 6.61 Å². The fraction of sp³-hybridized carbons (Fsp3) is 0.276. The van der Waals surface area contributed by atoms with E-state index in [1.807, 2.05) is 56.3 Å². The van der Waals surface area contributed by atoms with Crippen molar-refractivity contribution in [3.8, 4) is 5.75 Å². The van der Waals surface area contributed by atoms with Crippen LogP contribution in [0.5, 0.6) is 5.75 Å². The van der Waals surface area contributed by atoms with E-state index >= 15 is 0 Å². The number of halogens is 3. The van der Waals surface area contributed by atoms with E-state index < -0.39 is 24.8 Å². The first-order valence-corrected chi connectivity index (χ1v) is 12.8. The van der Waals surface area contributed by atoms with E-state index in [0.29, 0.717) is 21.7 Å². The van der Waals surface area contributed by atoms with Gasteiger partial charge in [-0.15, -0.1) is 0 Å². The minimum Gasteiger partial charge on any atom is -0.480 e. The average molecular weight is 574 g/mol. The molecule has 0 unspecified atom stereocenters. The summed E-state index contributed by atoms with van der Waals surface area (Å²) in [7, 11) is 0. The van der Waals surface area contributed by atoms with Crippen molar-refractivity contribution in [2.24, 2.45) is 5.92 Å². The second-order valence-corrected chi connectivity index (χ2v) is 10.5. The monoisotopic (exact) mass is 572 g/mol. The van der Waals surface area contributed by atoms with Gasteiger partial charge in [-0.2, -0.15) is 0 Å². The average Bonchev–Trinajstić information content (AvgIpc) is 2.82. The van der Waals surface area contributed by atoms with Crippen molar-refractivity contribution in [3.05, 3.63) is 110 Å². The van der Waals surface area contributed by atoms with Crippen molar-refractivity contribution >= 4 is 33.5 Å². The molecular formula is C29H27BrClFO4. The predicted molar refractivity (Wildman–Crippen MR) is 142 cm³/mol. The molecule has 3 aromatic carbocycles. The van der Waals surface area contributed by atoms with Crippen LogP contribution in [0.2, 0.25) is 5.02 Å². The molecule has 1 N–H and O–H groups in total. The van der Waals surface area contributed by atoms with Crippen LogP contribution in [-0.2, 0) is 9.53 Å². The van der Waals surface area contributed by atoms with Gasteiger partial charge in [0, 0.05) is 22.4 Å². The molecule has 1 aliphatic heterocycles. The molecule has 1 saturated heterocycles. The van der Waals surface area contributed by atoms with E-state index in [0.717, 1.165) is 27.8 Å². The Balaban J connectivity index is 1.84. The molecule has 7 heteroatoms. The third-order valence-electron chi connectivity index (χ3n) is 6.50. The van der Waals surface area contributed by atoms with E-state index in [9.17, 15) is 14.3 Å². The molecule has 4 nitrogen and oxygen atoms in total. The van der Waals surface area contributed by atoms with Gasteiger partial charge in [0.25, 0.3) is 0 Å². The summed E-state index contributed by atoms with van der Waals surface area (Å²) in [6, 6.07) is 17.9. The molecule has 1 aliphatic rings. The molecule has 0 spiro atoms. The SMILES string of the molecule is C=C(C)[C@H]1C[C@H](c2ccc(Cl)cc2)[C@H](c2cccc(F)c2)O[C@@H]1c1cc(C)cc(Br)c1OCC(=O)O. The van der Waals surface area contributed by atoms with Crippen molar-refractivity contribution in [2.75, 3.05) is 6.61 Å². The largest absolute Gasteiger partial charge is 0.480 e. The maximum Gasteiger partial charge on any atom is 0.341 e. The Labute approximate surface area is 223 Å². The van der Waals surface area contributed by atoms with Gasteiger partial charge in [-0.05, 0) is 89.3 Å². The lowest BCUT2D eigenvalue weighted by molar-refractivity contribution is -0.139. The lowest BCUT2D eigenvalue weighted by Gasteiger charge is -2.43. The third-order valence-corrected chi connectivity index (χ3v) is 7.34. The van der Waals surface area contributed by atoms with Crippen LogP contribution in [0.25, 0.3) is 0 Å². The standard InChI is InChI=1S/C29H27BrClFO4/c1-16(2)22-14-23(18-7-9-20(31)10-8-18)27(19-5-4-6-21(32)13-19)36-28(22)24-11-17(3)12-25(30)29(24)35-15-26(33)34/h4-13,22-23,27-28H,1,14-15H2,2-3H3,(H,33,34)/t22-,23-,27+,28+/m1/s1. The van der Waals surface area contributed by atoms with E-state index in [2.05, 4.69) is 22.5 Å². The van der Waals surface area contributed by atoms with Crippen molar-refractivity contribution in [2.45, 2.75) is 38.4 Å². The Kier molecular flexibility index (Phi) is 8.18. The summed E-state index contributed by atoms with van der Waals surface area (Å²) >= 11 is 9.69. The maximum absolute atomic E-state index is 14.3. The molecule has 0 aliphatic carbocycles. The topological polar surface area (TPSA) is 55.8 Å². The molecule has 0 radical (unpaired) electrons. The normalized spacial score (nSPS) is 21.7. The number of hydrogen-bond donors (Lipinski definition) is 1. The van der Waals surface area contributed by atoms with Crippen LogP contribution in [0.1, 0.15) is 53.7 Å². The zero-order valence-corrected chi connectivity index (χ0v) is 22.4. The van der Waals surface area contributed by atoms with Crippen LogP contribution in [0.4, 0.5) is 4.39 Å². The highest BCUT2D eigenvalue weighted by Gasteiger charge is 2.42. The smallest absolute Gasteiger partial charge is 0.341 e. The molecule has 0 saturated carbocycles. The number of ether oxygens (including phenoxy) is 2. The summed E-state index contributed by atoms with van der Waals surface area (Å²) in [5.74, 6) is -1.18. The number of hydrogen-bond acceptors (Lipinski definition) is 3. The van der Waals surface area contributed by atoms with E-state index in [-0.39, 0.29) is 17.7 Å². The van der Waals surface area contributed by atoms with Gasteiger partial charge in [-0.25, -0.2) is 9.18 Å². The van der Waals surface area contributed by atoms with Crippen LogP contribution in [-0.4, -0.2) is 17.7 Å². The highest BCUT2D eigenvalue weighted by atomic mass is 79.9. The minimum atomic E-state index is -1.07. The van der Waals surface area contributed by atoms with Crippen LogP contribution in [0, 0.1) is 18.7 Å². The summed E-state index contributed by atoms with van der Waals surface area (Å²) in [4.78, 5) is 11.3. The summed E-state index contributed by atoms with van der Waals surface area (Å²) in [5, 5.41) is 9.86. The summed E-state index contributed by atoms with van der Waals surface area (Å²) in [5.41, 5.74) is 4.38. The first-order chi connectivity index (χ1) is 17.1. The molecule has 3 aromatic rings. The molecule has 4 rings (SSSR count). The Bertz CT molecular complexity index is 1280. The number of carboxylic acid groups (broad SMARTS) is 1. The van der Waals surface area contributed by atoms with E-state index in [1.54, 1.807) is 6.07 Å². The molecular weight excluding hydrogens is 547 g/mol. The highest BCUT2D eigenvalue weighted by Crippen LogP contribution is 2.54. The lowest BCUT2D eigenvalue weighted by Crippen LogP contribution is -2.32. The number of carbonyl (C=O) groups is 1. The Morgan fingerprint density at radius 2 is 1.89 bits per heavy atom. The molecule has 1 heterocycles. The van der Waals surface area contributed by atoms with Crippen LogP contribution < -0.4 is 4.74 Å². The van der Waals surface area contributed by atoms with Gasteiger partial charge < -0.3 is 14.6 Å². The van der Waals surface area contributed by atoms with E-state index in [1.165, 1.54) is 12.1 Å². The summed E-state index contributed by atoms with van der Waals surface area (Å²) in [6.45, 7) is 7.68. The van der Waals surface area contributed by atoms with Gasteiger partial charge in [0.05, 0.1) is 16.7 Å². The van der Waals surface area contributed by atoms with Crippen molar-refractivity contribution in [1.82, 2.24) is 0 Å². The van der Waals surface area contributed by atoms with E-state index in [4.69, 9.17) is 21.1 Å². The zero-order chi connectivity index (χ0) is 26.0. The second-order valence-electron chi connectivity index (χ2n) is 9.23. The van der Waals surface area contributed by atoms with Gasteiger partial charge in [0.1, 0.15) is 11.6 Å². The Morgan fingerprint density at radius 1 is 1.17 bits per heavy atom. The fourth-order valence-electron chi connectivity index (χ4n) is 4.89. The van der Waals surface area contributed by atoms with Crippen LogP contribution in [0.3, 0.4) is 0 Å². The maximum atomic E-state index is 14.3. The zero-order valence-electron chi connectivity index (χ0n) is 20.0. The van der Waals surface area contributed by atoms with Crippen LogP contribution >= 0.6 is 27.5 Å². The van der Waals surface area contributed by atoms with Crippen molar-refractivity contribution in [1.29, 1.82) is 0 Å². The number of carboxylic acids is 1. The first kappa shape index (κ1) is 26.4. The third kappa shape index (κ3) is 5.83. The number of rotatable bonds is 7. The molecule has 0 amide bonds.